The van der Waals surface area contributed by atoms with E-state index in [0.29, 0.717) is 21.9 Å². The minimum atomic E-state index is -0.516. The molecule has 0 N–H and O–H groups in total. The first-order valence-electron chi connectivity index (χ1n) is 4.27. The SMILES string of the molecule is COC(=O)c1cc(Cl)c2oc(C)cc2n1. The molecule has 0 aromatic carbocycles. The summed E-state index contributed by atoms with van der Waals surface area (Å²) in [5.74, 6) is 0.180. The van der Waals surface area contributed by atoms with Crippen LogP contribution in [-0.2, 0) is 4.74 Å². The zero-order valence-corrected chi connectivity index (χ0v) is 8.96. The van der Waals surface area contributed by atoms with Crippen molar-refractivity contribution in [1.29, 1.82) is 0 Å². The Hall–Kier alpha value is -1.55. The zero-order valence-electron chi connectivity index (χ0n) is 8.20. The highest BCUT2D eigenvalue weighted by Crippen LogP contribution is 2.26. The number of nitrogens with zero attached hydrogens (tertiary/aromatic N) is 1. The number of pyridine rings is 1. The number of ether oxygens (including phenoxy) is 1. The van der Waals surface area contributed by atoms with Crippen molar-refractivity contribution in [1.82, 2.24) is 4.98 Å². The molecule has 15 heavy (non-hydrogen) atoms. The van der Waals surface area contributed by atoms with Crippen LogP contribution in [0.4, 0.5) is 0 Å². The van der Waals surface area contributed by atoms with Crippen LogP contribution in [0.1, 0.15) is 16.2 Å². The van der Waals surface area contributed by atoms with Gasteiger partial charge in [0.05, 0.1) is 12.1 Å². The lowest BCUT2D eigenvalue weighted by molar-refractivity contribution is 0.0594. The molecule has 4 nitrogen and oxygen atoms in total. The normalized spacial score (nSPS) is 10.6. The van der Waals surface area contributed by atoms with E-state index < -0.39 is 5.97 Å². The van der Waals surface area contributed by atoms with Crippen LogP contribution in [0.3, 0.4) is 0 Å². The summed E-state index contributed by atoms with van der Waals surface area (Å²) in [7, 11) is 1.29. The summed E-state index contributed by atoms with van der Waals surface area (Å²) in [6.45, 7) is 1.79. The van der Waals surface area contributed by atoms with Crippen molar-refractivity contribution in [2.45, 2.75) is 6.92 Å². The van der Waals surface area contributed by atoms with Crippen LogP contribution < -0.4 is 0 Å². The molecule has 78 valence electrons. The second kappa shape index (κ2) is 3.55. The van der Waals surface area contributed by atoms with Crippen molar-refractivity contribution in [2.75, 3.05) is 7.11 Å². The van der Waals surface area contributed by atoms with E-state index in [9.17, 15) is 4.79 Å². The quantitative estimate of drug-likeness (QED) is 0.700. The standard InChI is InChI=1S/C10H8ClNO3/c1-5-3-7-9(15-5)6(11)4-8(12-7)10(13)14-2/h3-4H,1-2H3. The number of fused-ring (bicyclic) bond motifs is 1. The van der Waals surface area contributed by atoms with Gasteiger partial charge in [-0.2, -0.15) is 0 Å². The number of methoxy groups -OCH3 is 1. The molecule has 2 aromatic heterocycles. The Morgan fingerprint density at radius 1 is 1.53 bits per heavy atom. The van der Waals surface area contributed by atoms with Gasteiger partial charge in [0.15, 0.2) is 11.3 Å². The van der Waals surface area contributed by atoms with Gasteiger partial charge in [0, 0.05) is 6.07 Å². The minimum Gasteiger partial charge on any atom is -0.464 e. The highest BCUT2D eigenvalue weighted by atomic mass is 35.5. The molecule has 0 spiro atoms. The monoisotopic (exact) mass is 225 g/mol. The molecular formula is C10H8ClNO3. The van der Waals surface area contributed by atoms with Crippen LogP contribution in [0.5, 0.6) is 0 Å². The van der Waals surface area contributed by atoms with Gasteiger partial charge in [-0.1, -0.05) is 11.6 Å². The van der Waals surface area contributed by atoms with Crippen molar-refractivity contribution < 1.29 is 13.9 Å². The van der Waals surface area contributed by atoms with E-state index in [1.807, 2.05) is 0 Å². The predicted octanol–water partition coefficient (Wildman–Crippen LogP) is 2.58. The van der Waals surface area contributed by atoms with Crippen LogP contribution in [0, 0.1) is 6.92 Å². The summed E-state index contributed by atoms with van der Waals surface area (Å²) in [4.78, 5) is 15.3. The Bertz CT molecular complexity index is 533. The van der Waals surface area contributed by atoms with Gasteiger partial charge in [-0.3, -0.25) is 0 Å². The maximum atomic E-state index is 11.2. The summed E-state index contributed by atoms with van der Waals surface area (Å²) in [6, 6.07) is 3.15. The lowest BCUT2D eigenvalue weighted by Gasteiger charge is -1.98. The van der Waals surface area contributed by atoms with Gasteiger partial charge in [-0.15, -0.1) is 0 Å². The number of aromatic nitrogens is 1. The molecule has 0 atom stereocenters. The van der Waals surface area contributed by atoms with Crippen LogP contribution in [0.15, 0.2) is 16.5 Å². The van der Waals surface area contributed by atoms with Gasteiger partial charge in [0.1, 0.15) is 11.3 Å². The Morgan fingerprint density at radius 2 is 2.27 bits per heavy atom. The Balaban J connectivity index is 2.66. The average molecular weight is 226 g/mol. The van der Waals surface area contributed by atoms with Crippen LogP contribution in [0.25, 0.3) is 11.1 Å². The molecule has 0 aliphatic rings. The second-order valence-electron chi connectivity index (χ2n) is 3.05. The van der Waals surface area contributed by atoms with E-state index in [1.165, 1.54) is 13.2 Å². The number of carbonyl (C=O) groups is 1. The number of furan rings is 1. The molecule has 0 aliphatic heterocycles. The maximum Gasteiger partial charge on any atom is 0.356 e. The molecule has 0 amide bonds. The third-order valence-electron chi connectivity index (χ3n) is 1.95. The number of halogens is 1. The maximum absolute atomic E-state index is 11.2. The highest BCUT2D eigenvalue weighted by Gasteiger charge is 2.13. The molecule has 5 heteroatoms. The number of hydrogen-bond acceptors (Lipinski definition) is 4. The predicted molar refractivity (Wildman–Crippen MR) is 55.1 cm³/mol. The van der Waals surface area contributed by atoms with Gasteiger partial charge in [0.2, 0.25) is 0 Å². The molecule has 2 heterocycles. The molecule has 2 rings (SSSR count). The van der Waals surface area contributed by atoms with Gasteiger partial charge >= 0.3 is 5.97 Å². The molecule has 0 radical (unpaired) electrons. The Morgan fingerprint density at radius 3 is 2.93 bits per heavy atom. The first-order valence-corrected chi connectivity index (χ1v) is 4.64. The lowest BCUT2D eigenvalue weighted by Crippen LogP contribution is -2.03. The smallest absolute Gasteiger partial charge is 0.356 e. The fourth-order valence-corrected chi connectivity index (χ4v) is 1.55. The topological polar surface area (TPSA) is 52.3 Å². The minimum absolute atomic E-state index is 0.177. The molecule has 0 unspecified atom stereocenters. The van der Waals surface area contributed by atoms with Crippen LogP contribution in [-0.4, -0.2) is 18.1 Å². The van der Waals surface area contributed by atoms with Gasteiger partial charge < -0.3 is 9.15 Å². The second-order valence-corrected chi connectivity index (χ2v) is 3.46. The third-order valence-corrected chi connectivity index (χ3v) is 2.23. The van der Waals surface area contributed by atoms with E-state index >= 15 is 0 Å². The fraction of sp³-hybridized carbons (Fsp3) is 0.200. The summed E-state index contributed by atoms with van der Waals surface area (Å²) in [6.07, 6.45) is 0. The number of carbonyl (C=O) groups excluding carboxylic acids is 1. The van der Waals surface area contributed by atoms with Crippen molar-refractivity contribution in [3.8, 4) is 0 Å². The van der Waals surface area contributed by atoms with Gasteiger partial charge in [-0.25, -0.2) is 9.78 Å². The Kier molecular flexibility index (Phi) is 2.36. The van der Waals surface area contributed by atoms with E-state index in [-0.39, 0.29) is 5.69 Å². The average Bonchev–Trinajstić information content (AvgIpc) is 2.58. The molecule has 2 aromatic rings. The summed E-state index contributed by atoms with van der Waals surface area (Å²) in [5, 5.41) is 0.355. The molecule has 0 bridgehead atoms. The van der Waals surface area contributed by atoms with E-state index in [2.05, 4.69) is 9.72 Å². The van der Waals surface area contributed by atoms with Crippen molar-refractivity contribution in [3.63, 3.8) is 0 Å². The first kappa shape index (κ1) is 9.98. The molecule has 0 aliphatic carbocycles. The molecular weight excluding hydrogens is 218 g/mol. The van der Waals surface area contributed by atoms with Crippen LogP contribution >= 0.6 is 11.6 Å². The van der Waals surface area contributed by atoms with Gasteiger partial charge in [0.25, 0.3) is 0 Å². The fourth-order valence-electron chi connectivity index (χ4n) is 1.31. The number of rotatable bonds is 1. The zero-order chi connectivity index (χ0) is 11.0. The van der Waals surface area contributed by atoms with Crippen molar-refractivity contribution >= 4 is 28.7 Å². The van der Waals surface area contributed by atoms with Crippen molar-refractivity contribution in [2.24, 2.45) is 0 Å². The lowest BCUT2D eigenvalue weighted by atomic mass is 10.3. The molecule has 0 saturated carbocycles. The van der Waals surface area contributed by atoms with E-state index in [4.69, 9.17) is 16.0 Å². The number of esters is 1. The molecule has 0 fully saturated rings. The van der Waals surface area contributed by atoms with Crippen LogP contribution in [0.2, 0.25) is 5.02 Å². The van der Waals surface area contributed by atoms with E-state index in [1.54, 1.807) is 13.0 Å². The number of hydrogen-bond donors (Lipinski definition) is 0. The van der Waals surface area contributed by atoms with E-state index in [0.717, 1.165) is 0 Å². The number of aryl methyl sites for hydroxylation is 1. The highest BCUT2D eigenvalue weighted by molar-refractivity contribution is 6.35. The largest absolute Gasteiger partial charge is 0.464 e. The van der Waals surface area contributed by atoms with Crippen molar-refractivity contribution in [3.05, 3.63) is 28.6 Å². The summed E-state index contributed by atoms with van der Waals surface area (Å²) in [5.41, 5.74) is 1.22. The molecule has 0 saturated heterocycles. The Labute approximate surface area is 90.8 Å². The summed E-state index contributed by atoms with van der Waals surface area (Å²) < 4.78 is 9.88. The third kappa shape index (κ3) is 1.68. The first-order chi connectivity index (χ1) is 7.11. The van der Waals surface area contributed by atoms with Gasteiger partial charge in [-0.05, 0) is 13.0 Å². The summed E-state index contributed by atoms with van der Waals surface area (Å²) >= 11 is 5.94.